The van der Waals surface area contributed by atoms with E-state index in [1.165, 1.54) is 5.56 Å². The Morgan fingerprint density at radius 2 is 1.86 bits per heavy atom. The van der Waals surface area contributed by atoms with Crippen molar-refractivity contribution in [2.75, 3.05) is 23.8 Å². The van der Waals surface area contributed by atoms with Gasteiger partial charge in [-0.3, -0.25) is 9.59 Å². The van der Waals surface area contributed by atoms with Gasteiger partial charge in [0.05, 0.1) is 11.3 Å². The Morgan fingerprint density at radius 3 is 2.57 bits per heavy atom. The van der Waals surface area contributed by atoms with Crippen molar-refractivity contribution < 1.29 is 9.59 Å². The zero-order valence-corrected chi connectivity index (χ0v) is 16.7. The highest BCUT2D eigenvalue weighted by Gasteiger charge is 2.37. The van der Waals surface area contributed by atoms with E-state index >= 15 is 0 Å². The van der Waals surface area contributed by atoms with Gasteiger partial charge in [-0.25, -0.2) is 0 Å². The van der Waals surface area contributed by atoms with Crippen LogP contribution in [0.1, 0.15) is 65.3 Å². The van der Waals surface area contributed by atoms with Gasteiger partial charge in [-0.2, -0.15) is 0 Å². The van der Waals surface area contributed by atoms with Crippen LogP contribution in [0.15, 0.2) is 42.5 Å². The van der Waals surface area contributed by atoms with Gasteiger partial charge in [0.2, 0.25) is 0 Å². The Kier molecular flexibility index (Phi) is 4.84. The average Bonchev–Trinajstić information content (AvgIpc) is 2.72. The van der Waals surface area contributed by atoms with E-state index in [2.05, 4.69) is 24.1 Å². The maximum Gasteiger partial charge on any atom is 0.257 e. The lowest BCUT2D eigenvalue weighted by Crippen LogP contribution is -2.55. The lowest BCUT2D eigenvalue weighted by Gasteiger charge is -2.46. The topological polar surface area (TPSA) is 52.7 Å². The van der Waals surface area contributed by atoms with Crippen molar-refractivity contribution in [3.63, 3.8) is 0 Å². The maximum absolute atomic E-state index is 12.9. The monoisotopic (exact) mass is 377 g/mol. The summed E-state index contributed by atoms with van der Waals surface area (Å²) in [7, 11) is 2.01. The second kappa shape index (κ2) is 7.30. The number of benzene rings is 2. The molecule has 0 aromatic heterocycles. The molecule has 5 nitrogen and oxygen atoms in total. The fourth-order valence-corrected chi connectivity index (χ4v) is 4.17. The van der Waals surface area contributed by atoms with Gasteiger partial charge < -0.3 is 15.1 Å². The zero-order valence-electron chi connectivity index (χ0n) is 16.7. The molecule has 2 aromatic carbocycles. The minimum absolute atomic E-state index is 0.0778. The van der Waals surface area contributed by atoms with Crippen molar-refractivity contribution in [1.29, 1.82) is 0 Å². The SMILES string of the molecule is CC(C)c1ccc(NC(=O)c2ccc3c(c2)N(C)C2CCCCN2C3=O)cc1. The van der Waals surface area contributed by atoms with Crippen molar-refractivity contribution in [3.05, 3.63) is 59.2 Å². The Balaban J connectivity index is 1.57. The van der Waals surface area contributed by atoms with Crippen molar-refractivity contribution in [1.82, 2.24) is 4.90 Å². The predicted molar refractivity (Wildman–Crippen MR) is 112 cm³/mol. The van der Waals surface area contributed by atoms with Crippen LogP contribution in [0.5, 0.6) is 0 Å². The van der Waals surface area contributed by atoms with Crippen molar-refractivity contribution >= 4 is 23.2 Å². The molecule has 1 saturated heterocycles. The summed E-state index contributed by atoms with van der Waals surface area (Å²) in [6, 6.07) is 13.3. The first-order valence-electron chi connectivity index (χ1n) is 10.0. The third kappa shape index (κ3) is 3.26. The van der Waals surface area contributed by atoms with Gasteiger partial charge in [0.1, 0.15) is 6.17 Å². The molecule has 2 aliphatic heterocycles. The summed E-state index contributed by atoms with van der Waals surface area (Å²) in [5, 5.41) is 2.96. The van der Waals surface area contributed by atoms with Crippen molar-refractivity contribution in [2.24, 2.45) is 0 Å². The Labute approximate surface area is 166 Å². The number of carbonyl (C=O) groups is 2. The molecule has 0 spiro atoms. The zero-order chi connectivity index (χ0) is 19.8. The second-order valence-corrected chi connectivity index (χ2v) is 8.05. The fraction of sp³-hybridized carbons (Fsp3) is 0.391. The molecule has 0 bridgehead atoms. The Bertz CT molecular complexity index is 905. The summed E-state index contributed by atoms with van der Waals surface area (Å²) in [5.74, 6) is 0.374. The number of amides is 2. The Hall–Kier alpha value is -2.82. The summed E-state index contributed by atoms with van der Waals surface area (Å²) in [5.41, 5.74) is 4.10. The molecule has 4 rings (SSSR count). The first-order valence-corrected chi connectivity index (χ1v) is 10.0. The van der Waals surface area contributed by atoms with E-state index in [0.717, 1.165) is 37.2 Å². The largest absolute Gasteiger partial charge is 0.354 e. The van der Waals surface area contributed by atoms with Gasteiger partial charge in [0.25, 0.3) is 11.8 Å². The molecule has 2 amide bonds. The summed E-state index contributed by atoms with van der Waals surface area (Å²) in [6.07, 6.45) is 3.25. The number of rotatable bonds is 3. The van der Waals surface area contributed by atoms with Crippen LogP contribution in [-0.4, -0.2) is 36.5 Å². The van der Waals surface area contributed by atoms with Crippen LogP contribution in [0.2, 0.25) is 0 Å². The first kappa shape index (κ1) is 18.5. The van der Waals surface area contributed by atoms with Crippen LogP contribution in [0, 0.1) is 0 Å². The molecule has 2 heterocycles. The Morgan fingerprint density at radius 1 is 1.11 bits per heavy atom. The number of hydrogen-bond donors (Lipinski definition) is 1. The average molecular weight is 377 g/mol. The molecule has 5 heteroatoms. The van der Waals surface area contributed by atoms with E-state index in [1.54, 1.807) is 12.1 Å². The number of hydrogen-bond acceptors (Lipinski definition) is 3. The number of nitrogens with zero attached hydrogens (tertiary/aromatic N) is 2. The highest BCUT2D eigenvalue weighted by Crippen LogP contribution is 2.35. The van der Waals surface area contributed by atoms with Crippen LogP contribution in [-0.2, 0) is 0 Å². The van der Waals surface area contributed by atoms with E-state index in [9.17, 15) is 9.59 Å². The molecule has 2 aromatic rings. The molecule has 0 saturated carbocycles. The van der Waals surface area contributed by atoms with Crippen LogP contribution < -0.4 is 10.2 Å². The number of fused-ring (bicyclic) bond motifs is 2. The summed E-state index contributed by atoms with van der Waals surface area (Å²) >= 11 is 0. The normalized spacial score (nSPS) is 18.7. The van der Waals surface area contributed by atoms with Crippen LogP contribution >= 0.6 is 0 Å². The van der Waals surface area contributed by atoms with E-state index in [1.807, 2.05) is 42.3 Å². The maximum atomic E-state index is 12.9. The molecular formula is C23H27N3O2. The highest BCUT2D eigenvalue weighted by atomic mass is 16.2. The lowest BCUT2D eigenvalue weighted by molar-refractivity contribution is 0.0589. The third-order valence-corrected chi connectivity index (χ3v) is 5.88. The molecule has 1 atom stereocenters. The molecule has 1 unspecified atom stereocenters. The second-order valence-electron chi connectivity index (χ2n) is 8.05. The first-order chi connectivity index (χ1) is 13.5. The van der Waals surface area contributed by atoms with E-state index in [-0.39, 0.29) is 18.0 Å². The number of piperidine rings is 1. The molecule has 0 aliphatic carbocycles. The molecule has 146 valence electrons. The fourth-order valence-electron chi connectivity index (χ4n) is 4.17. The van der Waals surface area contributed by atoms with Gasteiger partial charge in [0.15, 0.2) is 0 Å². The van der Waals surface area contributed by atoms with E-state index in [4.69, 9.17) is 0 Å². The number of carbonyl (C=O) groups excluding carboxylic acids is 2. The number of anilines is 2. The van der Waals surface area contributed by atoms with E-state index in [0.29, 0.717) is 17.0 Å². The standard InChI is InChI=1S/C23H27N3O2/c1-15(2)16-7-10-18(11-8-16)24-22(27)17-9-12-19-20(14-17)25(3)21-6-4-5-13-26(21)23(19)28/h7-12,14-15,21H,4-6,13H2,1-3H3,(H,24,27). The van der Waals surface area contributed by atoms with Crippen LogP contribution in [0.25, 0.3) is 0 Å². The summed E-state index contributed by atoms with van der Waals surface area (Å²) in [4.78, 5) is 29.7. The molecule has 1 fully saturated rings. The summed E-state index contributed by atoms with van der Waals surface area (Å²) in [6.45, 7) is 5.10. The molecule has 1 N–H and O–H groups in total. The molecule has 28 heavy (non-hydrogen) atoms. The van der Waals surface area contributed by atoms with Crippen molar-refractivity contribution in [3.8, 4) is 0 Å². The molecular weight excluding hydrogens is 350 g/mol. The summed E-state index contributed by atoms with van der Waals surface area (Å²) < 4.78 is 0. The smallest absolute Gasteiger partial charge is 0.257 e. The minimum atomic E-state index is -0.160. The van der Waals surface area contributed by atoms with Gasteiger partial charge in [0, 0.05) is 24.8 Å². The minimum Gasteiger partial charge on any atom is -0.354 e. The van der Waals surface area contributed by atoms with E-state index < -0.39 is 0 Å². The molecule has 0 radical (unpaired) electrons. The van der Waals surface area contributed by atoms with Crippen molar-refractivity contribution in [2.45, 2.75) is 45.2 Å². The quantitative estimate of drug-likeness (QED) is 0.859. The highest BCUT2D eigenvalue weighted by molar-refractivity contribution is 6.08. The van der Waals surface area contributed by atoms with Gasteiger partial charge in [-0.1, -0.05) is 26.0 Å². The molecule has 2 aliphatic rings. The predicted octanol–water partition coefficient (Wildman–Crippen LogP) is 4.46. The van der Waals surface area contributed by atoms with Crippen LogP contribution in [0.4, 0.5) is 11.4 Å². The van der Waals surface area contributed by atoms with Gasteiger partial charge >= 0.3 is 0 Å². The third-order valence-electron chi connectivity index (χ3n) is 5.88. The van der Waals surface area contributed by atoms with Crippen LogP contribution in [0.3, 0.4) is 0 Å². The van der Waals surface area contributed by atoms with Gasteiger partial charge in [-0.05, 0) is 61.1 Å². The lowest BCUT2D eigenvalue weighted by atomic mass is 9.97. The number of nitrogens with one attached hydrogen (secondary N) is 1. The van der Waals surface area contributed by atoms with Gasteiger partial charge in [-0.15, -0.1) is 0 Å².